The third-order valence-corrected chi connectivity index (χ3v) is 3.84. The first-order valence-electron chi connectivity index (χ1n) is 5.92. The molecule has 0 unspecified atom stereocenters. The van der Waals surface area contributed by atoms with Crippen LogP contribution in [0.1, 0.15) is 25.8 Å². The zero-order valence-corrected chi connectivity index (χ0v) is 11.7. The monoisotopic (exact) mass is 287 g/mol. The fourth-order valence-corrected chi connectivity index (χ4v) is 2.69. The van der Waals surface area contributed by atoms with Crippen molar-refractivity contribution in [3.05, 3.63) is 33.8 Å². The van der Waals surface area contributed by atoms with Crippen molar-refractivity contribution in [2.24, 2.45) is 11.1 Å². The van der Waals surface area contributed by atoms with Crippen LogP contribution in [0.25, 0.3) is 0 Å². The highest BCUT2D eigenvalue weighted by molar-refractivity contribution is 6.40. The zero-order chi connectivity index (χ0) is 13.3. The summed E-state index contributed by atoms with van der Waals surface area (Å²) in [5.41, 5.74) is 1.39. The van der Waals surface area contributed by atoms with Gasteiger partial charge >= 0.3 is 0 Å². The van der Waals surface area contributed by atoms with Crippen molar-refractivity contribution in [3.63, 3.8) is 0 Å². The molecule has 1 aliphatic heterocycles. The summed E-state index contributed by atoms with van der Waals surface area (Å²) in [5, 5.41) is 15.0. The summed E-state index contributed by atoms with van der Waals surface area (Å²) in [6.07, 6.45) is -0.256. The maximum absolute atomic E-state index is 9.87. The lowest BCUT2D eigenvalue weighted by Crippen LogP contribution is -2.32. The number of benzene rings is 1. The number of hydrogen-bond donors (Lipinski definition) is 1. The van der Waals surface area contributed by atoms with E-state index in [0.717, 1.165) is 0 Å². The molecule has 0 radical (unpaired) electrons. The van der Waals surface area contributed by atoms with Crippen LogP contribution in [0, 0.1) is 5.92 Å². The molecule has 0 aliphatic carbocycles. The predicted molar refractivity (Wildman–Crippen MR) is 73.3 cm³/mol. The molecule has 1 heterocycles. The van der Waals surface area contributed by atoms with E-state index in [1.54, 1.807) is 18.2 Å². The van der Waals surface area contributed by atoms with E-state index in [1.165, 1.54) is 0 Å². The van der Waals surface area contributed by atoms with Gasteiger partial charge in [0.2, 0.25) is 0 Å². The van der Waals surface area contributed by atoms with Gasteiger partial charge in [0, 0.05) is 11.5 Å². The van der Waals surface area contributed by atoms with Gasteiger partial charge in [-0.15, -0.1) is 0 Å². The lowest BCUT2D eigenvalue weighted by atomic mass is 9.90. The third-order valence-electron chi connectivity index (χ3n) is 3.21. The second-order valence-electron chi connectivity index (χ2n) is 4.41. The minimum absolute atomic E-state index is 0.0441. The molecular weight excluding hydrogens is 273 g/mol. The molecule has 1 aliphatic rings. The molecule has 1 N–H and O–H groups in total. The van der Waals surface area contributed by atoms with E-state index < -0.39 is 6.10 Å². The van der Waals surface area contributed by atoms with Gasteiger partial charge in [-0.3, -0.25) is 0 Å². The Bertz CT molecular complexity index is 456. The first kappa shape index (κ1) is 13.7. The van der Waals surface area contributed by atoms with Crippen LogP contribution in [0.4, 0.5) is 0 Å². The molecule has 2 rings (SSSR count). The smallest absolute Gasteiger partial charge is 0.161 e. The summed E-state index contributed by atoms with van der Waals surface area (Å²) in [6, 6.07) is 5.32. The van der Waals surface area contributed by atoms with Crippen molar-refractivity contribution in [3.8, 4) is 0 Å². The number of aliphatic hydroxyl groups excluding tert-OH is 1. The maximum Gasteiger partial charge on any atom is 0.161 e. The fraction of sp³-hybridized carbons (Fsp3) is 0.462. The topological polar surface area (TPSA) is 41.8 Å². The van der Waals surface area contributed by atoms with E-state index >= 15 is 0 Å². The van der Waals surface area contributed by atoms with Crippen LogP contribution in [0.5, 0.6) is 0 Å². The van der Waals surface area contributed by atoms with Gasteiger partial charge in [-0.05, 0) is 18.6 Å². The van der Waals surface area contributed by atoms with Crippen LogP contribution in [0.15, 0.2) is 23.4 Å². The summed E-state index contributed by atoms with van der Waals surface area (Å²) in [7, 11) is 0. The fourth-order valence-electron chi connectivity index (χ4n) is 2.10. The quantitative estimate of drug-likeness (QED) is 0.924. The Kier molecular flexibility index (Phi) is 4.15. The Morgan fingerprint density at radius 3 is 2.56 bits per heavy atom. The van der Waals surface area contributed by atoms with Crippen LogP contribution >= 0.6 is 23.2 Å². The van der Waals surface area contributed by atoms with Gasteiger partial charge in [0.25, 0.3) is 0 Å². The molecule has 1 aromatic carbocycles. The minimum atomic E-state index is -0.539. The van der Waals surface area contributed by atoms with Crippen LogP contribution in [0.3, 0.4) is 0 Å². The number of nitrogens with zero attached hydrogens (tertiary/aromatic N) is 1. The van der Waals surface area contributed by atoms with E-state index in [9.17, 15) is 5.11 Å². The molecule has 3 atom stereocenters. The van der Waals surface area contributed by atoms with E-state index in [1.807, 2.05) is 13.8 Å². The Balaban J connectivity index is 2.31. The number of rotatable bonds is 3. The number of aliphatic hydroxyl groups is 1. The van der Waals surface area contributed by atoms with Gasteiger partial charge in [-0.2, -0.15) is 0 Å². The predicted octanol–water partition coefficient (Wildman–Crippen LogP) is 3.50. The minimum Gasteiger partial charge on any atom is -0.389 e. The van der Waals surface area contributed by atoms with Crippen LogP contribution in [0.2, 0.25) is 10.0 Å². The molecule has 0 spiro atoms. The summed E-state index contributed by atoms with van der Waals surface area (Å²) in [5.74, 6) is -0.0441. The second kappa shape index (κ2) is 5.47. The van der Waals surface area contributed by atoms with E-state index in [-0.39, 0.29) is 12.0 Å². The van der Waals surface area contributed by atoms with E-state index in [0.29, 0.717) is 27.7 Å². The van der Waals surface area contributed by atoms with Gasteiger partial charge in [0.15, 0.2) is 6.10 Å². The first-order valence-corrected chi connectivity index (χ1v) is 6.68. The van der Waals surface area contributed by atoms with Crippen molar-refractivity contribution in [1.82, 2.24) is 0 Å². The number of hydrogen-bond acceptors (Lipinski definition) is 3. The average molecular weight is 288 g/mol. The molecule has 1 aromatic rings. The van der Waals surface area contributed by atoms with Gasteiger partial charge < -0.3 is 9.94 Å². The normalized spacial score (nSPS) is 24.6. The number of halogens is 2. The molecule has 5 heteroatoms. The molecule has 0 aromatic heterocycles. The van der Waals surface area contributed by atoms with Crippen molar-refractivity contribution in [2.75, 3.05) is 0 Å². The largest absolute Gasteiger partial charge is 0.389 e. The highest BCUT2D eigenvalue weighted by Gasteiger charge is 2.37. The van der Waals surface area contributed by atoms with Gasteiger partial charge in [0.05, 0.1) is 21.9 Å². The zero-order valence-electron chi connectivity index (χ0n) is 10.2. The Morgan fingerprint density at radius 1 is 1.39 bits per heavy atom. The molecule has 0 bridgehead atoms. The first-order chi connectivity index (χ1) is 8.56. The Morgan fingerprint density at radius 2 is 2.00 bits per heavy atom. The van der Waals surface area contributed by atoms with Gasteiger partial charge in [-0.25, -0.2) is 0 Å². The molecule has 0 fully saturated rings. The summed E-state index contributed by atoms with van der Waals surface area (Å²) < 4.78 is 0. The Hall–Kier alpha value is -0.770. The second-order valence-corrected chi connectivity index (χ2v) is 5.22. The molecule has 0 amide bonds. The van der Waals surface area contributed by atoms with Crippen LogP contribution in [-0.4, -0.2) is 23.0 Å². The summed E-state index contributed by atoms with van der Waals surface area (Å²) in [6.45, 7) is 3.86. The SMILES string of the molecule is CC[C@H](O)[C@H]1ON=C(c2c(Cl)cccc2Cl)[C@@H]1C. The van der Waals surface area contributed by atoms with Crippen molar-refractivity contribution < 1.29 is 9.94 Å². The van der Waals surface area contributed by atoms with Crippen molar-refractivity contribution >= 4 is 28.9 Å². The Labute approximate surface area is 116 Å². The molecule has 3 nitrogen and oxygen atoms in total. The molecule has 18 heavy (non-hydrogen) atoms. The van der Waals surface area contributed by atoms with Gasteiger partial charge in [-0.1, -0.05) is 48.3 Å². The summed E-state index contributed by atoms with van der Waals surface area (Å²) in [4.78, 5) is 5.32. The molecule has 98 valence electrons. The van der Waals surface area contributed by atoms with Gasteiger partial charge in [0.1, 0.15) is 0 Å². The standard InChI is InChI=1S/C13H15Cl2NO2/c1-3-10(17)13-7(2)12(16-18-13)11-8(14)5-4-6-9(11)15/h4-7,10,13,17H,3H2,1-2H3/t7-,10-,13-/m0/s1. The highest BCUT2D eigenvalue weighted by Crippen LogP contribution is 2.33. The lowest BCUT2D eigenvalue weighted by molar-refractivity contribution is -0.0341. The van der Waals surface area contributed by atoms with Crippen LogP contribution in [-0.2, 0) is 4.84 Å². The van der Waals surface area contributed by atoms with E-state index in [2.05, 4.69) is 5.16 Å². The molecule has 0 saturated carbocycles. The maximum atomic E-state index is 9.87. The third kappa shape index (κ3) is 2.35. The van der Waals surface area contributed by atoms with Crippen LogP contribution < -0.4 is 0 Å². The molecule has 0 saturated heterocycles. The summed E-state index contributed by atoms with van der Waals surface area (Å²) >= 11 is 12.3. The molecular formula is C13H15Cl2NO2. The lowest BCUT2D eigenvalue weighted by Gasteiger charge is -2.19. The van der Waals surface area contributed by atoms with Crippen molar-refractivity contribution in [2.45, 2.75) is 32.5 Å². The van der Waals surface area contributed by atoms with Crippen molar-refractivity contribution in [1.29, 1.82) is 0 Å². The highest BCUT2D eigenvalue weighted by atomic mass is 35.5. The van der Waals surface area contributed by atoms with E-state index in [4.69, 9.17) is 28.0 Å². The average Bonchev–Trinajstić information content (AvgIpc) is 2.71. The number of oxime groups is 1.